The minimum absolute atomic E-state index is 0.00485. The second kappa shape index (κ2) is 5.08. The molecule has 0 heterocycles. The number of aldehydes is 1. The Morgan fingerprint density at radius 1 is 1.75 bits per heavy atom. The fourth-order valence-electron chi connectivity index (χ4n) is 1.57. The Morgan fingerprint density at radius 2 is 2.42 bits per heavy atom. The number of hydrogen-bond acceptors (Lipinski definition) is 2. The van der Waals surface area contributed by atoms with E-state index in [4.69, 9.17) is 16.1 Å². The van der Waals surface area contributed by atoms with E-state index in [1.165, 1.54) is 0 Å². The molecule has 2 unspecified atom stereocenters. The first-order chi connectivity index (χ1) is 5.70. The Bertz CT molecular complexity index is 169. The maximum atomic E-state index is 10.7. The molecule has 0 amide bonds. The Kier molecular flexibility index (Phi) is 4.73. The molecule has 0 spiro atoms. The molecular weight excluding hydrogens is 309 g/mol. The Balaban J connectivity index is 2.58. The van der Waals surface area contributed by atoms with Crippen molar-refractivity contribution in [3.63, 3.8) is 0 Å². The minimum atomic E-state index is -0.00485. The second-order valence-corrected chi connectivity index (χ2v) is 5.33. The van der Waals surface area contributed by atoms with Crippen LogP contribution < -0.4 is 0 Å². The predicted molar refractivity (Wildman–Crippen MR) is 60.2 cm³/mol. The van der Waals surface area contributed by atoms with Crippen LogP contribution in [-0.4, -0.2) is 17.8 Å². The molecular formula is C7H11ClIO2P. The van der Waals surface area contributed by atoms with Crippen molar-refractivity contribution in [3.8, 4) is 0 Å². The van der Waals surface area contributed by atoms with E-state index in [9.17, 15) is 4.79 Å². The van der Waals surface area contributed by atoms with Crippen molar-refractivity contribution in [3.05, 3.63) is 0 Å². The fourth-order valence-corrected chi connectivity index (χ4v) is 3.26. The van der Waals surface area contributed by atoms with Gasteiger partial charge in [0.15, 0.2) is 0 Å². The third-order valence-electron chi connectivity index (χ3n) is 2.42. The molecule has 0 N–H and O–H groups in total. The van der Waals surface area contributed by atoms with Crippen molar-refractivity contribution in [2.24, 2.45) is 11.8 Å². The summed E-state index contributed by atoms with van der Waals surface area (Å²) in [5.74, 6) is 0.247. The van der Waals surface area contributed by atoms with Crippen LogP contribution in [0.5, 0.6) is 0 Å². The minimum Gasteiger partial charge on any atom is -0.348 e. The van der Waals surface area contributed by atoms with Gasteiger partial charge < -0.3 is 9.32 Å². The van der Waals surface area contributed by atoms with Crippen LogP contribution in [0.3, 0.4) is 0 Å². The van der Waals surface area contributed by atoms with Gasteiger partial charge in [0.2, 0.25) is 0 Å². The molecule has 12 heavy (non-hydrogen) atoms. The summed E-state index contributed by atoms with van der Waals surface area (Å²) in [7, 11) is 0. The molecule has 1 rings (SSSR count). The third-order valence-corrected chi connectivity index (χ3v) is 4.15. The molecule has 2 nitrogen and oxygen atoms in total. The van der Waals surface area contributed by atoms with Crippen LogP contribution in [0, 0.1) is 11.8 Å². The van der Waals surface area contributed by atoms with Crippen LogP contribution in [-0.2, 0) is 9.32 Å². The Hall–Kier alpha value is 1.08. The highest BCUT2D eigenvalue weighted by molar-refractivity contribution is 14.2. The summed E-state index contributed by atoms with van der Waals surface area (Å²) in [5, 5.41) is 0.0953. The highest BCUT2D eigenvalue weighted by atomic mass is 127. The number of carbonyl (C=O) groups excluding carboxylic acids is 1. The van der Waals surface area contributed by atoms with E-state index in [-0.39, 0.29) is 23.3 Å². The van der Waals surface area contributed by atoms with Gasteiger partial charge in [0.05, 0.1) is 12.6 Å². The molecule has 70 valence electrons. The average Bonchev–Trinajstić information content (AvgIpc) is 2.29. The van der Waals surface area contributed by atoms with E-state index in [2.05, 4.69) is 22.0 Å². The molecule has 5 atom stereocenters. The lowest BCUT2D eigenvalue weighted by atomic mass is 9.99. The highest BCUT2D eigenvalue weighted by Gasteiger charge is 2.40. The van der Waals surface area contributed by atoms with Crippen molar-refractivity contribution in [1.82, 2.24) is 0 Å². The Morgan fingerprint density at radius 3 is 2.92 bits per heavy atom. The van der Waals surface area contributed by atoms with Gasteiger partial charge in [-0.1, -0.05) is 6.92 Å². The van der Waals surface area contributed by atoms with E-state index in [1.807, 2.05) is 6.92 Å². The van der Waals surface area contributed by atoms with E-state index < -0.39 is 0 Å². The van der Waals surface area contributed by atoms with Gasteiger partial charge in [0.25, 0.3) is 0 Å². The van der Waals surface area contributed by atoms with E-state index in [0.717, 1.165) is 12.7 Å². The van der Waals surface area contributed by atoms with E-state index in [1.54, 1.807) is 0 Å². The third kappa shape index (κ3) is 2.31. The molecule has 0 bridgehead atoms. The first-order valence-corrected chi connectivity index (χ1v) is 8.27. The van der Waals surface area contributed by atoms with Crippen molar-refractivity contribution >= 4 is 46.4 Å². The van der Waals surface area contributed by atoms with Crippen molar-refractivity contribution in [2.75, 3.05) is 0 Å². The molecule has 1 aliphatic rings. The van der Waals surface area contributed by atoms with Crippen LogP contribution in [0.1, 0.15) is 13.3 Å². The number of carbonyl (C=O) groups is 1. The van der Waals surface area contributed by atoms with Crippen molar-refractivity contribution < 1.29 is 9.32 Å². The SMILES string of the molecule is C[C@H]1[C@H](Cl)CC(OPI)[C@@H]1C=O. The summed E-state index contributed by atoms with van der Waals surface area (Å²) in [4.78, 5) is 10.7. The van der Waals surface area contributed by atoms with Gasteiger partial charge in [-0.25, -0.2) is 0 Å². The molecule has 0 aliphatic heterocycles. The summed E-state index contributed by atoms with van der Waals surface area (Å²) in [5.41, 5.74) is 0. The summed E-state index contributed by atoms with van der Waals surface area (Å²) in [6.45, 7) is 2.42. The van der Waals surface area contributed by atoms with Gasteiger partial charge in [0, 0.05) is 11.3 Å². The molecule has 0 aromatic rings. The zero-order chi connectivity index (χ0) is 9.14. The van der Waals surface area contributed by atoms with Gasteiger partial charge in [0.1, 0.15) is 6.29 Å². The summed E-state index contributed by atoms with van der Waals surface area (Å²) in [6, 6.07) is 0. The van der Waals surface area contributed by atoms with Crippen molar-refractivity contribution in [2.45, 2.75) is 24.8 Å². The molecule has 0 aromatic carbocycles. The summed E-state index contributed by atoms with van der Waals surface area (Å²) < 4.78 is 5.45. The van der Waals surface area contributed by atoms with Crippen LogP contribution in [0.4, 0.5) is 0 Å². The normalized spacial score (nSPS) is 42.6. The highest BCUT2D eigenvalue weighted by Crippen LogP contribution is 2.40. The molecule has 1 saturated carbocycles. The molecule has 5 heteroatoms. The molecule has 1 fully saturated rings. The standard InChI is InChI=1S/C7H11ClIO2P/c1-4-5(3-10)7(11-12-9)2-6(4)8/h3-7,12H,2H2,1H3/t4-,5-,6-,7?/m1/s1. The molecule has 0 aromatic heterocycles. The van der Waals surface area contributed by atoms with Crippen molar-refractivity contribution in [1.29, 1.82) is 0 Å². The van der Waals surface area contributed by atoms with Crippen LogP contribution in [0.2, 0.25) is 0 Å². The molecule has 0 radical (unpaired) electrons. The first-order valence-electron chi connectivity index (χ1n) is 3.81. The quantitative estimate of drug-likeness (QED) is 0.346. The van der Waals surface area contributed by atoms with Gasteiger partial charge in [-0.2, -0.15) is 0 Å². The van der Waals surface area contributed by atoms with Crippen LogP contribution in [0.25, 0.3) is 0 Å². The fraction of sp³-hybridized carbons (Fsp3) is 0.857. The largest absolute Gasteiger partial charge is 0.348 e. The van der Waals surface area contributed by atoms with E-state index >= 15 is 0 Å². The lowest BCUT2D eigenvalue weighted by Gasteiger charge is -2.15. The number of hydrogen-bond donors (Lipinski definition) is 0. The lowest BCUT2D eigenvalue weighted by Crippen LogP contribution is -2.20. The van der Waals surface area contributed by atoms with Gasteiger partial charge >= 0.3 is 0 Å². The zero-order valence-electron chi connectivity index (χ0n) is 6.67. The smallest absolute Gasteiger partial charge is 0.126 e. The summed E-state index contributed by atoms with van der Waals surface area (Å²) in [6.07, 6.45) is 1.84. The number of halogens is 2. The monoisotopic (exact) mass is 320 g/mol. The van der Waals surface area contributed by atoms with Gasteiger partial charge in [-0.3, -0.25) is 0 Å². The predicted octanol–water partition coefficient (Wildman–Crippen LogP) is 2.78. The lowest BCUT2D eigenvalue weighted by molar-refractivity contribution is -0.113. The number of rotatable bonds is 3. The maximum absolute atomic E-state index is 10.7. The second-order valence-electron chi connectivity index (χ2n) is 3.06. The maximum Gasteiger partial charge on any atom is 0.126 e. The van der Waals surface area contributed by atoms with Crippen LogP contribution in [0.15, 0.2) is 0 Å². The van der Waals surface area contributed by atoms with Gasteiger partial charge in [-0.05, 0) is 34.4 Å². The van der Waals surface area contributed by atoms with Gasteiger partial charge in [-0.15, -0.1) is 11.6 Å². The molecule has 1 aliphatic carbocycles. The van der Waals surface area contributed by atoms with Crippen LogP contribution >= 0.6 is 40.1 Å². The first kappa shape index (κ1) is 11.2. The topological polar surface area (TPSA) is 26.3 Å². The average molecular weight is 320 g/mol. The summed E-state index contributed by atoms with van der Waals surface area (Å²) >= 11 is 8.19. The number of alkyl halides is 1. The van der Waals surface area contributed by atoms with E-state index in [0.29, 0.717) is 6.45 Å². The zero-order valence-corrected chi connectivity index (χ0v) is 10.6. The Labute approximate surface area is 92.1 Å². The molecule has 0 saturated heterocycles.